The van der Waals surface area contributed by atoms with Crippen molar-refractivity contribution in [1.82, 2.24) is 24.7 Å². The van der Waals surface area contributed by atoms with Gasteiger partial charge >= 0.3 is 5.63 Å². The monoisotopic (exact) mass is 511 g/mol. The fourth-order valence-corrected chi connectivity index (χ4v) is 4.58. The van der Waals surface area contributed by atoms with Gasteiger partial charge in [-0.3, -0.25) is 4.98 Å². The molecule has 37 heavy (non-hydrogen) atoms. The van der Waals surface area contributed by atoms with E-state index in [0.29, 0.717) is 39.1 Å². The van der Waals surface area contributed by atoms with Gasteiger partial charge in [0.1, 0.15) is 29.6 Å². The molecule has 1 unspecified atom stereocenters. The first-order valence-electron chi connectivity index (χ1n) is 11.3. The third-order valence-corrected chi connectivity index (χ3v) is 6.23. The number of hydrogen-bond acceptors (Lipinski definition) is 8. The van der Waals surface area contributed by atoms with Gasteiger partial charge in [-0.05, 0) is 24.6 Å². The summed E-state index contributed by atoms with van der Waals surface area (Å²) >= 11 is 0. The van der Waals surface area contributed by atoms with E-state index in [9.17, 15) is 4.79 Å². The highest BCUT2D eigenvalue weighted by molar-refractivity contribution is 5.99. The predicted molar refractivity (Wildman–Crippen MR) is 146 cm³/mol. The summed E-state index contributed by atoms with van der Waals surface area (Å²) in [5.41, 5.74) is 15.8. The van der Waals surface area contributed by atoms with Crippen molar-refractivity contribution >= 4 is 45.7 Å². The summed E-state index contributed by atoms with van der Waals surface area (Å²) in [5, 5.41) is 6.74. The van der Waals surface area contributed by atoms with E-state index in [1.807, 2.05) is 55.5 Å². The average molecular weight is 512 g/mol. The molecule has 0 aliphatic carbocycles. The van der Waals surface area contributed by atoms with Crippen LogP contribution in [0.25, 0.3) is 44.2 Å². The maximum absolute atomic E-state index is 13.0. The largest absolute Gasteiger partial charge is 0.424 e. The minimum atomic E-state index is -0.517. The van der Waals surface area contributed by atoms with Crippen molar-refractivity contribution in [3.63, 3.8) is 0 Å². The van der Waals surface area contributed by atoms with Gasteiger partial charge in [0.25, 0.3) is 0 Å². The molecular formula is C27H22ClN7O2. The topological polar surface area (TPSA) is 139 Å². The third kappa shape index (κ3) is 3.95. The lowest BCUT2D eigenvalue weighted by Gasteiger charge is -2.18. The van der Waals surface area contributed by atoms with Crippen LogP contribution in [0.1, 0.15) is 18.7 Å². The first kappa shape index (κ1) is 24.0. The van der Waals surface area contributed by atoms with E-state index in [0.717, 1.165) is 16.5 Å². The van der Waals surface area contributed by atoms with Crippen LogP contribution >= 0.6 is 12.4 Å². The Morgan fingerprint density at radius 3 is 2.41 bits per heavy atom. The van der Waals surface area contributed by atoms with Gasteiger partial charge in [0, 0.05) is 28.9 Å². The van der Waals surface area contributed by atoms with Gasteiger partial charge in [0.15, 0.2) is 5.65 Å². The SMILES string of the molecule is CC(c1oc(=O)c2ccccc2c1-c1ccccc1)n1nc(-c2cncc(N)c2)c2c(N)ncnc21.Cl. The molecule has 6 aromatic rings. The molecule has 1 atom stereocenters. The Morgan fingerprint density at radius 1 is 0.919 bits per heavy atom. The normalized spacial score (nSPS) is 11.9. The molecule has 4 heterocycles. The molecule has 10 heteroatoms. The van der Waals surface area contributed by atoms with Crippen LogP contribution in [-0.4, -0.2) is 24.7 Å². The lowest BCUT2D eigenvalue weighted by Crippen LogP contribution is -2.14. The van der Waals surface area contributed by atoms with Crippen molar-refractivity contribution in [2.75, 3.05) is 11.5 Å². The summed E-state index contributed by atoms with van der Waals surface area (Å²) in [5.74, 6) is 0.739. The van der Waals surface area contributed by atoms with E-state index < -0.39 is 11.7 Å². The molecular weight excluding hydrogens is 490 g/mol. The van der Waals surface area contributed by atoms with E-state index in [-0.39, 0.29) is 18.2 Å². The van der Waals surface area contributed by atoms with Crippen LogP contribution in [0.3, 0.4) is 0 Å². The fourth-order valence-electron chi connectivity index (χ4n) is 4.58. The second-order valence-corrected chi connectivity index (χ2v) is 8.47. The summed E-state index contributed by atoms with van der Waals surface area (Å²) < 4.78 is 7.68. The average Bonchev–Trinajstić information content (AvgIpc) is 3.30. The van der Waals surface area contributed by atoms with E-state index in [4.69, 9.17) is 21.0 Å². The third-order valence-electron chi connectivity index (χ3n) is 6.23. The summed E-state index contributed by atoms with van der Waals surface area (Å²) in [6.07, 6.45) is 4.60. The Hall–Kier alpha value is -4.76. The van der Waals surface area contributed by atoms with E-state index in [2.05, 4.69) is 15.0 Å². The number of anilines is 2. The maximum Gasteiger partial charge on any atom is 0.343 e. The Labute approximate surface area is 217 Å². The van der Waals surface area contributed by atoms with Crippen LogP contribution in [0.15, 0.2) is 88.6 Å². The lowest BCUT2D eigenvalue weighted by molar-refractivity contribution is 0.405. The fraction of sp³-hybridized carbons (Fsp3) is 0.0741. The standard InChI is InChI=1S/C27H21N7O2.ClH/c1-15(24-21(16-7-3-2-4-8-16)19-9-5-6-10-20(19)27(35)36-24)34-26-22(25(29)31-14-32-26)23(33-34)17-11-18(28)13-30-12-17;/h2-15H,28H2,1H3,(H2,29,31,32);1H. The molecule has 184 valence electrons. The first-order valence-corrected chi connectivity index (χ1v) is 11.3. The summed E-state index contributed by atoms with van der Waals surface area (Å²) in [7, 11) is 0. The summed E-state index contributed by atoms with van der Waals surface area (Å²) in [6, 6.07) is 18.5. The van der Waals surface area contributed by atoms with Gasteiger partial charge in [-0.1, -0.05) is 48.5 Å². The minimum Gasteiger partial charge on any atom is -0.424 e. The molecule has 0 amide bonds. The molecule has 0 aliphatic rings. The van der Waals surface area contributed by atoms with E-state index in [1.165, 1.54) is 6.33 Å². The van der Waals surface area contributed by atoms with Gasteiger partial charge in [-0.15, -0.1) is 12.4 Å². The smallest absolute Gasteiger partial charge is 0.343 e. The molecule has 0 radical (unpaired) electrons. The number of pyridine rings is 1. The molecule has 0 bridgehead atoms. The summed E-state index contributed by atoms with van der Waals surface area (Å²) in [4.78, 5) is 25.9. The van der Waals surface area contributed by atoms with Crippen LogP contribution in [-0.2, 0) is 0 Å². The van der Waals surface area contributed by atoms with Crippen LogP contribution in [0, 0.1) is 0 Å². The molecule has 2 aromatic carbocycles. The first-order chi connectivity index (χ1) is 17.5. The summed E-state index contributed by atoms with van der Waals surface area (Å²) in [6.45, 7) is 1.91. The number of rotatable bonds is 4. The number of benzene rings is 2. The van der Waals surface area contributed by atoms with E-state index >= 15 is 0 Å². The molecule has 4 N–H and O–H groups in total. The number of nitrogen functional groups attached to an aromatic ring is 2. The van der Waals surface area contributed by atoms with E-state index in [1.54, 1.807) is 29.2 Å². The highest BCUT2D eigenvalue weighted by atomic mass is 35.5. The zero-order chi connectivity index (χ0) is 24.8. The zero-order valence-corrected chi connectivity index (χ0v) is 20.5. The second-order valence-electron chi connectivity index (χ2n) is 8.47. The Balaban J connectivity index is 0.00000280. The van der Waals surface area contributed by atoms with Gasteiger partial charge < -0.3 is 15.9 Å². The maximum atomic E-state index is 13.0. The highest BCUT2D eigenvalue weighted by Gasteiger charge is 2.26. The zero-order valence-electron chi connectivity index (χ0n) is 19.7. The molecule has 0 aliphatic heterocycles. The highest BCUT2D eigenvalue weighted by Crippen LogP contribution is 2.38. The number of nitrogens with zero attached hydrogens (tertiary/aromatic N) is 5. The van der Waals surface area contributed by atoms with Gasteiger partial charge in [0.2, 0.25) is 0 Å². The van der Waals surface area contributed by atoms with Gasteiger partial charge in [-0.2, -0.15) is 5.10 Å². The molecule has 0 fully saturated rings. The molecule has 6 rings (SSSR count). The van der Waals surface area contributed by atoms with Crippen LogP contribution in [0.4, 0.5) is 11.5 Å². The second kappa shape index (κ2) is 9.36. The number of fused-ring (bicyclic) bond motifs is 2. The Morgan fingerprint density at radius 2 is 1.65 bits per heavy atom. The van der Waals surface area contributed by atoms with Crippen molar-refractivity contribution in [2.45, 2.75) is 13.0 Å². The van der Waals surface area contributed by atoms with Crippen LogP contribution < -0.4 is 17.1 Å². The van der Waals surface area contributed by atoms with Gasteiger partial charge in [-0.25, -0.2) is 19.4 Å². The Bertz CT molecular complexity index is 1820. The van der Waals surface area contributed by atoms with Crippen LogP contribution in [0.2, 0.25) is 0 Å². The quantitative estimate of drug-likeness (QED) is 0.342. The number of aromatic nitrogens is 5. The number of nitrogens with two attached hydrogens (primary N) is 2. The van der Waals surface area contributed by atoms with Crippen molar-refractivity contribution in [2.24, 2.45) is 0 Å². The number of halogens is 1. The predicted octanol–water partition coefficient (Wildman–Crippen LogP) is 4.86. The number of hydrogen-bond donors (Lipinski definition) is 2. The van der Waals surface area contributed by atoms with Crippen LogP contribution in [0.5, 0.6) is 0 Å². The van der Waals surface area contributed by atoms with Crippen molar-refractivity contribution in [3.8, 4) is 22.4 Å². The van der Waals surface area contributed by atoms with Crippen molar-refractivity contribution in [1.29, 1.82) is 0 Å². The van der Waals surface area contributed by atoms with Crippen molar-refractivity contribution < 1.29 is 4.42 Å². The van der Waals surface area contributed by atoms with Crippen molar-refractivity contribution in [3.05, 3.63) is 95.6 Å². The Kier molecular flexibility index (Phi) is 6.06. The van der Waals surface area contributed by atoms with Gasteiger partial charge in [0.05, 0.1) is 16.5 Å². The molecule has 9 nitrogen and oxygen atoms in total. The molecule has 0 spiro atoms. The minimum absolute atomic E-state index is 0. The molecule has 4 aromatic heterocycles. The molecule has 0 saturated heterocycles. The molecule has 0 saturated carbocycles. The lowest BCUT2D eigenvalue weighted by atomic mass is 9.96.